The molecule has 6 heteroatoms. The van der Waals surface area contributed by atoms with Crippen molar-refractivity contribution in [3.8, 4) is 17.2 Å². The van der Waals surface area contributed by atoms with Crippen LogP contribution in [-0.4, -0.2) is 40.3 Å². The molecule has 0 aromatic heterocycles. The van der Waals surface area contributed by atoms with Crippen molar-refractivity contribution in [1.29, 1.82) is 0 Å². The lowest BCUT2D eigenvalue weighted by molar-refractivity contribution is -0.121. The number of hydrogen-bond donors (Lipinski definition) is 2. The molecule has 1 aliphatic heterocycles. The van der Waals surface area contributed by atoms with Crippen molar-refractivity contribution in [2.45, 2.75) is 5.92 Å². The smallest absolute Gasteiger partial charge is 0.222 e. The molecule has 3 N–H and O–H groups in total. The Balaban J connectivity index is 2.46. The van der Waals surface area contributed by atoms with Crippen molar-refractivity contribution < 1.29 is 19.0 Å². The summed E-state index contributed by atoms with van der Waals surface area (Å²) in [6.07, 6.45) is 0. The third kappa shape index (κ3) is 2.51. The van der Waals surface area contributed by atoms with Crippen LogP contribution in [0.4, 0.5) is 0 Å². The summed E-state index contributed by atoms with van der Waals surface area (Å²) in [4.78, 5) is 11.5. The van der Waals surface area contributed by atoms with E-state index in [1.165, 1.54) is 0 Å². The van der Waals surface area contributed by atoms with Crippen LogP contribution in [0.1, 0.15) is 11.5 Å². The van der Waals surface area contributed by atoms with Gasteiger partial charge in [0.05, 0.1) is 27.2 Å². The van der Waals surface area contributed by atoms with Gasteiger partial charge in [0.25, 0.3) is 0 Å². The van der Waals surface area contributed by atoms with E-state index in [1.54, 1.807) is 27.4 Å². The van der Waals surface area contributed by atoms with Crippen molar-refractivity contribution in [3.63, 3.8) is 0 Å². The van der Waals surface area contributed by atoms with Gasteiger partial charge in [0.1, 0.15) is 5.75 Å². The highest BCUT2D eigenvalue weighted by Crippen LogP contribution is 2.41. The van der Waals surface area contributed by atoms with E-state index < -0.39 is 0 Å². The average molecular weight is 280 g/mol. The Labute approximate surface area is 118 Å². The van der Waals surface area contributed by atoms with Crippen LogP contribution in [0.5, 0.6) is 17.2 Å². The minimum atomic E-state index is -0.308. The second kappa shape index (κ2) is 6.00. The fraction of sp³-hybridized carbons (Fsp3) is 0.500. The molecule has 2 atom stereocenters. The van der Waals surface area contributed by atoms with Gasteiger partial charge in [0.15, 0.2) is 11.5 Å². The maximum Gasteiger partial charge on any atom is 0.222 e. The largest absolute Gasteiger partial charge is 0.496 e. The van der Waals surface area contributed by atoms with Crippen molar-refractivity contribution >= 4 is 5.91 Å². The molecule has 20 heavy (non-hydrogen) atoms. The van der Waals surface area contributed by atoms with Crippen LogP contribution in [0.15, 0.2) is 12.1 Å². The highest BCUT2D eigenvalue weighted by Gasteiger charge is 2.35. The summed E-state index contributed by atoms with van der Waals surface area (Å²) in [5.41, 5.74) is 6.37. The maximum absolute atomic E-state index is 11.5. The SMILES string of the molecule is COc1cc(OC)c(C2CNCC2C(N)=O)cc1OC. The van der Waals surface area contributed by atoms with Crippen LogP contribution < -0.4 is 25.3 Å². The molecule has 2 rings (SSSR count). The first-order chi connectivity index (χ1) is 9.62. The number of benzene rings is 1. The predicted molar refractivity (Wildman–Crippen MR) is 74.4 cm³/mol. The molecular weight excluding hydrogens is 260 g/mol. The number of nitrogens with one attached hydrogen (secondary N) is 1. The lowest BCUT2D eigenvalue weighted by atomic mass is 9.87. The topological polar surface area (TPSA) is 82.8 Å². The van der Waals surface area contributed by atoms with E-state index >= 15 is 0 Å². The molecule has 1 fully saturated rings. The van der Waals surface area contributed by atoms with Crippen molar-refractivity contribution in [2.75, 3.05) is 34.4 Å². The lowest BCUT2D eigenvalue weighted by Gasteiger charge is -2.20. The molecule has 2 unspecified atom stereocenters. The number of hydrogen-bond acceptors (Lipinski definition) is 5. The molecular formula is C14H20N2O4. The highest BCUT2D eigenvalue weighted by molar-refractivity contribution is 5.79. The van der Waals surface area contributed by atoms with Crippen LogP contribution in [0.25, 0.3) is 0 Å². The average Bonchev–Trinajstić information content (AvgIpc) is 2.95. The fourth-order valence-electron chi connectivity index (χ4n) is 2.65. The first-order valence-electron chi connectivity index (χ1n) is 6.42. The molecule has 1 aromatic carbocycles. The first kappa shape index (κ1) is 14.5. The van der Waals surface area contributed by atoms with Crippen LogP contribution in [-0.2, 0) is 4.79 Å². The van der Waals surface area contributed by atoms with Gasteiger partial charge in [-0.3, -0.25) is 4.79 Å². The van der Waals surface area contributed by atoms with Crippen molar-refractivity contribution in [1.82, 2.24) is 5.32 Å². The highest BCUT2D eigenvalue weighted by atomic mass is 16.5. The second-order valence-corrected chi connectivity index (χ2v) is 4.72. The number of nitrogens with two attached hydrogens (primary N) is 1. The van der Waals surface area contributed by atoms with E-state index in [0.29, 0.717) is 30.3 Å². The predicted octanol–water partition coefficient (Wildman–Crippen LogP) is 0.501. The Morgan fingerprint density at radius 3 is 2.25 bits per heavy atom. The number of primary amides is 1. The number of amides is 1. The van der Waals surface area contributed by atoms with Crippen LogP contribution >= 0.6 is 0 Å². The standard InChI is InChI=1S/C14H20N2O4/c1-18-11-5-13(20-3)12(19-2)4-8(11)9-6-16-7-10(9)14(15)17/h4-5,9-10,16H,6-7H2,1-3H3,(H2,15,17). The Hall–Kier alpha value is -1.95. The molecule has 1 aromatic rings. The number of ether oxygens (including phenoxy) is 3. The van der Waals surface area contributed by atoms with Gasteiger partial charge < -0.3 is 25.3 Å². The van der Waals surface area contributed by atoms with Gasteiger partial charge in [-0.25, -0.2) is 0 Å². The Kier molecular flexibility index (Phi) is 4.34. The number of carbonyl (C=O) groups is 1. The quantitative estimate of drug-likeness (QED) is 0.820. The zero-order chi connectivity index (χ0) is 14.7. The fourth-order valence-corrected chi connectivity index (χ4v) is 2.65. The molecule has 110 valence electrons. The van der Waals surface area contributed by atoms with Crippen molar-refractivity contribution in [3.05, 3.63) is 17.7 Å². The Morgan fingerprint density at radius 1 is 1.10 bits per heavy atom. The number of methoxy groups -OCH3 is 3. The maximum atomic E-state index is 11.5. The summed E-state index contributed by atoms with van der Waals surface area (Å²) in [6.45, 7) is 1.26. The molecule has 1 amide bonds. The summed E-state index contributed by atoms with van der Waals surface area (Å²) in [5, 5.41) is 3.19. The molecule has 0 aliphatic carbocycles. The van der Waals surface area contributed by atoms with Gasteiger partial charge in [-0.05, 0) is 6.07 Å². The second-order valence-electron chi connectivity index (χ2n) is 4.72. The van der Waals surface area contributed by atoms with Gasteiger partial charge in [-0.2, -0.15) is 0 Å². The zero-order valence-corrected chi connectivity index (χ0v) is 11.9. The van der Waals surface area contributed by atoms with E-state index in [-0.39, 0.29) is 17.7 Å². The van der Waals surface area contributed by atoms with Crippen LogP contribution in [0.2, 0.25) is 0 Å². The van der Waals surface area contributed by atoms with E-state index in [1.807, 2.05) is 6.07 Å². The van der Waals surface area contributed by atoms with Crippen LogP contribution in [0, 0.1) is 5.92 Å². The van der Waals surface area contributed by atoms with E-state index in [0.717, 1.165) is 5.56 Å². The molecule has 0 radical (unpaired) electrons. The van der Waals surface area contributed by atoms with E-state index in [9.17, 15) is 4.79 Å². The third-order valence-corrected chi connectivity index (χ3v) is 3.72. The molecule has 1 aliphatic rings. The molecule has 1 saturated heterocycles. The molecule has 0 spiro atoms. The van der Waals surface area contributed by atoms with Gasteiger partial charge in [-0.1, -0.05) is 0 Å². The molecule has 6 nitrogen and oxygen atoms in total. The first-order valence-corrected chi connectivity index (χ1v) is 6.42. The number of carbonyl (C=O) groups excluding carboxylic acids is 1. The van der Waals surface area contributed by atoms with Gasteiger partial charge in [-0.15, -0.1) is 0 Å². The van der Waals surface area contributed by atoms with Gasteiger partial charge >= 0.3 is 0 Å². The molecule has 0 saturated carbocycles. The Bertz CT molecular complexity index is 504. The summed E-state index contributed by atoms with van der Waals surface area (Å²) in [5.74, 6) is 1.29. The number of rotatable bonds is 5. The van der Waals surface area contributed by atoms with Crippen molar-refractivity contribution in [2.24, 2.45) is 11.7 Å². The summed E-state index contributed by atoms with van der Waals surface area (Å²) < 4.78 is 16.0. The normalized spacial score (nSPS) is 21.6. The Morgan fingerprint density at radius 2 is 1.70 bits per heavy atom. The molecule has 0 bridgehead atoms. The van der Waals surface area contributed by atoms with E-state index in [2.05, 4.69) is 5.32 Å². The zero-order valence-electron chi connectivity index (χ0n) is 11.9. The minimum absolute atomic E-state index is 0.0257. The lowest BCUT2D eigenvalue weighted by Crippen LogP contribution is -2.28. The summed E-state index contributed by atoms with van der Waals surface area (Å²) in [6, 6.07) is 3.62. The minimum Gasteiger partial charge on any atom is -0.496 e. The van der Waals surface area contributed by atoms with Gasteiger partial charge in [0.2, 0.25) is 5.91 Å². The van der Waals surface area contributed by atoms with Crippen LogP contribution in [0.3, 0.4) is 0 Å². The summed E-state index contributed by atoms with van der Waals surface area (Å²) in [7, 11) is 4.74. The van der Waals surface area contributed by atoms with E-state index in [4.69, 9.17) is 19.9 Å². The summed E-state index contributed by atoms with van der Waals surface area (Å²) >= 11 is 0. The monoisotopic (exact) mass is 280 g/mol. The van der Waals surface area contributed by atoms with Gasteiger partial charge in [0, 0.05) is 30.6 Å². The molecule has 1 heterocycles. The third-order valence-electron chi connectivity index (χ3n) is 3.72.